The molecule has 0 radical (unpaired) electrons. The summed E-state index contributed by atoms with van der Waals surface area (Å²) in [6, 6.07) is 6.89. The Morgan fingerprint density at radius 1 is 1.32 bits per heavy atom. The van der Waals surface area contributed by atoms with E-state index in [1.807, 2.05) is 0 Å². The molecule has 1 aromatic carbocycles. The van der Waals surface area contributed by atoms with Gasteiger partial charge in [0, 0.05) is 12.1 Å². The molecule has 0 aliphatic heterocycles. The van der Waals surface area contributed by atoms with E-state index in [1.165, 1.54) is 35.4 Å². The first-order valence-electron chi connectivity index (χ1n) is 6.74. The van der Waals surface area contributed by atoms with Crippen LogP contribution in [0.25, 0.3) is 0 Å². The molecule has 0 atom stereocenters. The summed E-state index contributed by atoms with van der Waals surface area (Å²) >= 11 is 0. The Morgan fingerprint density at radius 2 is 2.05 bits per heavy atom. The zero-order chi connectivity index (χ0) is 16.1. The van der Waals surface area contributed by atoms with E-state index in [9.17, 15) is 14.0 Å². The lowest BCUT2D eigenvalue weighted by molar-refractivity contribution is -0.117. The monoisotopic (exact) mass is 305 g/mol. The average Bonchev–Trinajstić information content (AvgIpc) is 2.97. The summed E-state index contributed by atoms with van der Waals surface area (Å²) in [6.07, 6.45) is 1.32. The van der Waals surface area contributed by atoms with Crippen LogP contribution in [0.15, 0.2) is 41.1 Å². The van der Waals surface area contributed by atoms with Crippen molar-refractivity contribution in [3.05, 3.63) is 48.0 Å². The number of carbonyl (C=O) groups is 2. The van der Waals surface area contributed by atoms with Gasteiger partial charge in [0.05, 0.1) is 5.56 Å². The topological polar surface area (TPSA) is 75.4 Å². The molecule has 6 nitrogen and oxygen atoms in total. The maximum atomic E-state index is 13.7. The second-order valence-corrected chi connectivity index (χ2v) is 4.94. The van der Waals surface area contributed by atoms with Gasteiger partial charge in [0.1, 0.15) is 18.6 Å². The van der Waals surface area contributed by atoms with Gasteiger partial charge >= 0.3 is 0 Å². The predicted octanol–water partition coefficient (Wildman–Crippen LogP) is 2.30. The number of benzene rings is 1. The lowest BCUT2D eigenvalue weighted by Crippen LogP contribution is -2.42. The molecule has 0 unspecified atom stereocenters. The molecule has 0 spiro atoms. The summed E-state index contributed by atoms with van der Waals surface area (Å²) < 4.78 is 18.3. The van der Waals surface area contributed by atoms with Crippen molar-refractivity contribution in [1.29, 1.82) is 0 Å². The first-order chi connectivity index (χ1) is 10.5. The number of rotatable bonds is 5. The molecule has 7 heteroatoms. The highest BCUT2D eigenvalue weighted by Crippen LogP contribution is 2.12. The second kappa shape index (κ2) is 6.84. The molecule has 0 saturated heterocycles. The summed E-state index contributed by atoms with van der Waals surface area (Å²) in [6.45, 7) is 3.29. The molecule has 1 N–H and O–H groups in total. The van der Waals surface area contributed by atoms with E-state index in [2.05, 4.69) is 15.0 Å². The zero-order valence-corrected chi connectivity index (χ0v) is 12.2. The zero-order valence-electron chi connectivity index (χ0n) is 12.2. The van der Waals surface area contributed by atoms with E-state index >= 15 is 0 Å². The normalized spacial score (nSPS) is 10.5. The van der Waals surface area contributed by atoms with Crippen LogP contribution in [-0.2, 0) is 4.79 Å². The molecule has 0 aliphatic rings. The lowest BCUT2D eigenvalue weighted by atomic mass is 10.1. The van der Waals surface area contributed by atoms with Crippen molar-refractivity contribution in [1.82, 2.24) is 10.1 Å². The number of hydrogen-bond acceptors (Lipinski definition) is 4. The van der Waals surface area contributed by atoms with Crippen LogP contribution >= 0.6 is 0 Å². The van der Waals surface area contributed by atoms with Crippen LogP contribution in [0.3, 0.4) is 0 Å². The number of nitrogens with one attached hydrogen (secondary N) is 1. The molecule has 1 heterocycles. The maximum absolute atomic E-state index is 13.7. The van der Waals surface area contributed by atoms with Gasteiger partial charge in [0.25, 0.3) is 5.91 Å². The van der Waals surface area contributed by atoms with Crippen molar-refractivity contribution in [3.63, 3.8) is 0 Å². The maximum Gasteiger partial charge on any atom is 0.257 e. The number of halogens is 1. The van der Waals surface area contributed by atoms with Crippen molar-refractivity contribution < 1.29 is 18.5 Å². The molecule has 1 aromatic heterocycles. The Morgan fingerprint density at radius 3 is 2.64 bits per heavy atom. The first-order valence-corrected chi connectivity index (χ1v) is 6.74. The standard InChI is InChI=1S/C15H16FN3O3/c1-10(2)19(9-14(20)17-13-7-8-22-18-13)15(21)11-5-3-4-6-12(11)16/h3-8,10H,9H2,1-2H3,(H,17,18,20). The van der Waals surface area contributed by atoms with E-state index < -0.39 is 17.6 Å². The number of anilines is 1. The first kappa shape index (κ1) is 15.7. The molecule has 2 aromatic rings. The summed E-state index contributed by atoms with van der Waals surface area (Å²) in [4.78, 5) is 25.7. The number of hydrogen-bond donors (Lipinski definition) is 1. The molecule has 0 aliphatic carbocycles. The molecule has 116 valence electrons. The molecule has 2 rings (SSSR count). The van der Waals surface area contributed by atoms with E-state index in [-0.39, 0.29) is 24.0 Å². The van der Waals surface area contributed by atoms with Crippen LogP contribution in [0.2, 0.25) is 0 Å². The highest BCUT2D eigenvalue weighted by Gasteiger charge is 2.23. The number of carbonyl (C=O) groups excluding carboxylic acids is 2. The van der Waals surface area contributed by atoms with Gasteiger partial charge in [-0.15, -0.1) is 0 Å². The lowest BCUT2D eigenvalue weighted by Gasteiger charge is -2.26. The van der Waals surface area contributed by atoms with Crippen molar-refractivity contribution in [2.75, 3.05) is 11.9 Å². The van der Waals surface area contributed by atoms with E-state index in [4.69, 9.17) is 0 Å². The van der Waals surface area contributed by atoms with E-state index in [0.29, 0.717) is 0 Å². The molecular weight excluding hydrogens is 289 g/mol. The number of amides is 2. The van der Waals surface area contributed by atoms with E-state index in [1.54, 1.807) is 19.9 Å². The van der Waals surface area contributed by atoms with Crippen LogP contribution in [-0.4, -0.2) is 34.5 Å². The fraction of sp³-hybridized carbons (Fsp3) is 0.267. The Bertz CT molecular complexity index is 656. The quantitative estimate of drug-likeness (QED) is 0.919. The SMILES string of the molecule is CC(C)N(CC(=O)Nc1ccon1)C(=O)c1ccccc1F. The van der Waals surface area contributed by atoms with Crippen molar-refractivity contribution in [3.8, 4) is 0 Å². The summed E-state index contributed by atoms with van der Waals surface area (Å²) in [5.41, 5.74) is -0.0644. The minimum Gasteiger partial charge on any atom is -0.363 e. The van der Waals surface area contributed by atoms with Crippen LogP contribution < -0.4 is 5.32 Å². The smallest absolute Gasteiger partial charge is 0.257 e. The third kappa shape index (κ3) is 3.69. The highest BCUT2D eigenvalue weighted by molar-refractivity contribution is 5.99. The minimum atomic E-state index is -0.616. The van der Waals surface area contributed by atoms with Gasteiger partial charge < -0.3 is 14.7 Å². The Labute approximate surface area is 126 Å². The minimum absolute atomic E-state index is 0.0644. The van der Waals surface area contributed by atoms with Gasteiger partial charge in [-0.1, -0.05) is 17.3 Å². The fourth-order valence-corrected chi connectivity index (χ4v) is 1.89. The number of aromatic nitrogens is 1. The van der Waals surface area contributed by atoms with Gasteiger partial charge in [-0.2, -0.15) is 0 Å². The molecule has 0 saturated carbocycles. The summed E-state index contributed by atoms with van der Waals surface area (Å²) in [5, 5.41) is 6.05. The Kier molecular flexibility index (Phi) is 4.88. The molecular formula is C15H16FN3O3. The predicted molar refractivity (Wildman–Crippen MR) is 77.7 cm³/mol. The summed E-state index contributed by atoms with van der Waals surface area (Å²) in [5.74, 6) is -1.34. The Balaban J connectivity index is 2.11. The number of nitrogens with zero attached hydrogens (tertiary/aromatic N) is 2. The largest absolute Gasteiger partial charge is 0.363 e. The van der Waals surface area contributed by atoms with Gasteiger partial charge in [-0.25, -0.2) is 4.39 Å². The second-order valence-electron chi connectivity index (χ2n) is 4.94. The third-order valence-electron chi connectivity index (χ3n) is 3.01. The van der Waals surface area contributed by atoms with Gasteiger partial charge in [0.2, 0.25) is 5.91 Å². The van der Waals surface area contributed by atoms with Crippen molar-refractivity contribution >= 4 is 17.6 Å². The van der Waals surface area contributed by atoms with Crippen molar-refractivity contribution in [2.24, 2.45) is 0 Å². The highest BCUT2D eigenvalue weighted by atomic mass is 19.1. The Hall–Kier alpha value is -2.70. The third-order valence-corrected chi connectivity index (χ3v) is 3.01. The average molecular weight is 305 g/mol. The van der Waals surface area contributed by atoms with Gasteiger partial charge in [-0.05, 0) is 26.0 Å². The van der Waals surface area contributed by atoms with E-state index in [0.717, 1.165) is 0 Å². The summed E-state index contributed by atoms with van der Waals surface area (Å²) in [7, 11) is 0. The van der Waals surface area contributed by atoms with Gasteiger partial charge in [-0.3, -0.25) is 9.59 Å². The molecule has 0 fully saturated rings. The van der Waals surface area contributed by atoms with Crippen molar-refractivity contribution in [2.45, 2.75) is 19.9 Å². The van der Waals surface area contributed by atoms with Crippen LogP contribution in [0.4, 0.5) is 10.2 Å². The van der Waals surface area contributed by atoms with Gasteiger partial charge in [0.15, 0.2) is 5.82 Å². The van der Waals surface area contributed by atoms with Crippen LogP contribution in [0.5, 0.6) is 0 Å². The molecule has 22 heavy (non-hydrogen) atoms. The molecule has 2 amide bonds. The van der Waals surface area contributed by atoms with Crippen LogP contribution in [0.1, 0.15) is 24.2 Å². The van der Waals surface area contributed by atoms with Crippen LogP contribution in [0, 0.1) is 5.82 Å². The fourth-order valence-electron chi connectivity index (χ4n) is 1.89. The molecule has 0 bridgehead atoms.